The molecule has 2 N–H and O–H groups in total. The molecule has 5 rings (SSSR count). The van der Waals surface area contributed by atoms with E-state index in [-0.39, 0.29) is 11.8 Å². The lowest BCUT2D eigenvalue weighted by Crippen LogP contribution is -2.53. The van der Waals surface area contributed by atoms with Gasteiger partial charge in [0.25, 0.3) is 0 Å². The molecule has 1 heterocycles. The standard InChI is InChI=1S/C17H27NO2S/c19-16(18-10-17(20)1-3-21-4-2-17)15-13-6-11-5-12(8-13)9-14(15)7-11/h11-15,20H,1-10H2,(H,18,19). The van der Waals surface area contributed by atoms with Crippen LogP contribution < -0.4 is 5.32 Å². The highest BCUT2D eigenvalue weighted by atomic mass is 32.2. The van der Waals surface area contributed by atoms with Crippen LogP contribution in [0.25, 0.3) is 0 Å². The van der Waals surface area contributed by atoms with E-state index in [1.807, 2.05) is 11.8 Å². The largest absolute Gasteiger partial charge is 0.388 e. The van der Waals surface area contributed by atoms with Gasteiger partial charge in [-0.05, 0) is 80.1 Å². The van der Waals surface area contributed by atoms with E-state index in [0.29, 0.717) is 18.4 Å². The molecule has 21 heavy (non-hydrogen) atoms. The third kappa shape index (κ3) is 2.74. The SMILES string of the molecule is O=C(NCC1(O)CCSCC1)C1C2CC3CC(C2)CC1C3. The molecule has 4 aliphatic carbocycles. The van der Waals surface area contributed by atoms with Gasteiger partial charge >= 0.3 is 0 Å². The molecule has 0 atom stereocenters. The number of hydrogen-bond donors (Lipinski definition) is 2. The van der Waals surface area contributed by atoms with Crippen molar-refractivity contribution in [3.8, 4) is 0 Å². The summed E-state index contributed by atoms with van der Waals surface area (Å²) >= 11 is 1.91. The molecule has 1 amide bonds. The molecule has 0 aromatic carbocycles. The van der Waals surface area contributed by atoms with E-state index in [0.717, 1.165) is 36.2 Å². The Hall–Kier alpha value is -0.220. The van der Waals surface area contributed by atoms with Crippen molar-refractivity contribution in [2.24, 2.45) is 29.6 Å². The molecular formula is C17H27NO2S. The summed E-state index contributed by atoms with van der Waals surface area (Å²) in [5, 5.41) is 13.7. The van der Waals surface area contributed by atoms with Crippen molar-refractivity contribution >= 4 is 17.7 Å². The molecule has 118 valence electrons. The number of carbonyl (C=O) groups excluding carboxylic acids is 1. The van der Waals surface area contributed by atoms with Gasteiger partial charge in [0.2, 0.25) is 5.91 Å². The predicted octanol–water partition coefficient (Wildman–Crippen LogP) is 2.43. The lowest BCUT2D eigenvalue weighted by Gasteiger charge is -2.53. The molecule has 5 fully saturated rings. The summed E-state index contributed by atoms with van der Waals surface area (Å²) in [5.74, 6) is 5.63. The first kappa shape index (κ1) is 14.4. The van der Waals surface area contributed by atoms with Crippen LogP contribution in [0, 0.1) is 29.6 Å². The molecule has 1 aliphatic heterocycles. The van der Waals surface area contributed by atoms with Gasteiger partial charge in [-0.15, -0.1) is 0 Å². The van der Waals surface area contributed by atoms with Gasteiger partial charge in [0.1, 0.15) is 0 Å². The van der Waals surface area contributed by atoms with Gasteiger partial charge in [-0.3, -0.25) is 4.79 Å². The first-order valence-corrected chi connectivity index (χ1v) is 9.86. The number of carbonyl (C=O) groups is 1. The Morgan fingerprint density at radius 2 is 1.62 bits per heavy atom. The summed E-state index contributed by atoms with van der Waals surface area (Å²) in [6.45, 7) is 0.467. The number of rotatable bonds is 3. The van der Waals surface area contributed by atoms with Crippen molar-refractivity contribution in [1.29, 1.82) is 0 Å². The predicted molar refractivity (Wildman–Crippen MR) is 85.1 cm³/mol. The van der Waals surface area contributed by atoms with Crippen molar-refractivity contribution < 1.29 is 9.90 Å². The Balaban J connectivity index is 1.37. The second-order valence-electron chi connectivity index (χ2n) is 8.01. The maximum Gasteiger partial charge on any atom is 0.223 e. The fourth-order valence-electron chi connectivity index (χ4n) is 5.65. The van der Waals surface area contributed by atoms with Crippen molar-refractivity contribution in [2.45, 2.75) is 50.5 Å². The number of nitrogens with one attached hydrogen (secondary N) is 1. The van der Waals surface area contributed by atoms with Crippen LogP contribution in [0.15, 0.2) is 0 Å². The van der Waals surface area contributed by atoms with Crippen LogP contribution in [-0.4, -0.2) is 34.7 Å². The van der Waals surface area contributed by atoms with E-state index >= 15 is 0 Å². The maximum atomic E-state index is 12.7. The summed E-state index contributed by atoms with van der Waals surface area (Å²) in [5.41, 5.74) is -0.646. The Labute approximate surface area is 131 Å². The van der Waals surface area contributed by atoms with Crippen LogP contribution >= 0.6 is 11.8 Å². The highest BCUT2D eigenvalue weighted by Crippen LogP contribution is 2.56. The van der Waals surface area contributed by atoms with Gasteiger partial charge in [-0.25, -0.2) is 0 Å². The molecule has 5 aliphatic rings. The molecule has 3 nitrogen and oxygen atoms in total. The highest BCUT2D eigenvalue weighted by Gasteiger charge is 2.50. The maximum absolute atomic E-state index is 12.7. The van der Waals surface area contributed by atoms with Crippen molar-refractivity contribution in [3.63, 3.8) is 0 Å². The average molecular weight is 309 g/mol. The molecule has 1 saturated heterocycles. The molecule has 4 bridgehead atoms. The smallest absolute Gasteiger partial charge is 0.223 e. The van der Waals surface area contributed by atoms with Crippen LogP contribution in [0.2, 0.25) is 0 Å². The number of aliphatic hydroxyl groups is 1. The number of amides is 1. The van der Waals surface area contributed by atoms with Crippen LogP contribution in [0.1, 0.15) is 44.9 Å². The third-order valence-electron chi connectivity index (χ3n) is 6.54. The summed E-state index contributed by atoms with van der Waals surface area (Å²) in [6, 6.07) is 0. The first-order valence-electron chi connectivity index (χ1n) is 8.71. The molecule has 0 radical (unpaired) electrons. The molecule has 0 unspecified atom stereocenters. The zero-order valence-electron chi connectivity index (χ0n) is 12.7. The minimum atomic E-state index is -0.646. The van der Waals surface area contributed by atoms with E-state index in [1.165, 1.54) is 32.1 Å². The summed E-state index contributed by atoms with van der Waals surface area (Å²) in [4.78, 5) is 12.7. The van der Waals surface area contributed by atoms with Crippen LogP contribution in [0.3, 0.4) is 0 Å². The monoisotopic (exact) mass is 309 g/mol. The van der Waals surface area contributed by atoms with Gasteiger partial charge in [0.15, 0.2) is 0 Å². The Morgan fingerprint density at radius 3 is 2.19 bits per heavy atom. The number of thioether (sulfide) groups is 1. The molecule has 4 heteroatoms. The van der Waals surface area contributed by atoms with E-state index in [2.05, 4.69) is 5.32 Å². The summed E-state index contributed by atoms with van der Waals surface area (Å²) in [7, 11) is 0. The third-order valence-corrected chi connectivity index (χ3v) is 7.53. The molecule has 0 aromatic heterocycles. The summed E-state index contributed by atoms with van der Waals surface area (Å²) < 4.78 is 0. The Bertz CT molecular complexity index is 391. The fourth-order valence-corrected chi connectivity index (χ4v) is 6.90. The van der Waals surface area contributed by atoms with Crippen molar-refractivity contribution in [1.82, 2.24) is 5.32 Å². The minimum absolute atomic E-state index is 0.246. The normalized spacial score (nSPS) is 43.8. The van der Waals surface area contributed by atoms with Gasteiger partial charge in [0, 0.05) is 12.5 Å². The first-order chi connectivity index (χ1) is 10.1. The van der Waals surface area contributed by atoms with Gasteiger partial charge in [0.05, 0.1) is 5.60 Å². The quantitative estimate of drug-likeness (QED) is 0.842. The van der Waals surface area contributed by atoms with Gasteiger partial charge < -0.3 is 10.4 Å². The van der Waals surface area contributed by atoms with Crippen molar-refractivity contribution in [3.05, 3.63) is 0 Å². The van der Waals surface area contributed by atoms with E-state index < -0.39 is 5.60 Å². The average Bonchev–Trinajstić information content (AvgIpc) is 2.45. The Kier molecular flexibility index (Phi) is 3.73. The lowest BCUT2D eigenvalue weighted by atomic mass is 9.51. The highest BCUT2D eigenvalue weighted by molar-refractivity contribution is 7.99. The number of hydrogen-bond acceptors (Lipinski definition) is 3. The minimum Gasteiger partial charge on any atom is -0.388 e. The molecular weight excluding hydrogens is 282 g/mol. The molecule has 0 spiro atoms. The van der Waals surface area contributed by atoms with E-state index in [1.54, 1.807) is 0 Å². The van der Waals surface area contributed by atoms with Crippen LogP contribution in [-0.2, 0) is 4.79 Å². The van der Waals surface area contributed by atoms with Crippen LogP contribution in [0.4, 0.5) is 0 Å². The second kappa shape index (κ2) is 5.45. The topological polar surface area (TPSA) is 49.3 Å². The fraction of sp³-hybridized carbons (Fsp3) is 0.941. The van der Waals surface area contributed by atoms with Gasteiger partial charge in [-0.2, -0.15) is 11.8 Å². The molecule has 0 aromatic rings. The molecule has 4 saturated carbocycles. The zero-order valence-corrected chi connectivity index (χ0v) is 13.5. The second-order valence-corrected chi connectivity index (χ2v) is 9.24. The summed E-state index contributed by atoms with van der Waals surface area (Å²) in [6.07, 6.45) is 8.20. The van der Waals surface area contributed by atoms with E-state index in [9.17, 15) is 9.90 Å². The zero-order chi connectivity index (χ0) is 14.4. The van der Waals surface area contributed by atoms with Crippen molar-refractivity contribution in [2.75, 3.05) is 18.1 Å². The van der Waals surface area contributed by atoms with Crippen LogP contribution in [0.5, 0.6) is 0 Å². The van der Waals surface area contributed by atoms with Gasteiger partial charge in [-0.1, -0.05) is 0 Å². The van der Waals surface area contributed by atoms with E-state index in [4.69, 9.17) is 0 Å². The lowest BCUT2D eigenvalue weighted by molar-refractivity contribution is -0.139. The Morgan fingerprint density at radius 1 is 1.05 bits per heavy atom.